The topological polar surface area (TPSA) is 42.0 Å². The van der Waals surface area contributed by atoms with Crippen molar-refractivity contribution in [2.45, 2.75) is 6.18 Å². The summed E-state index contributed by atoms with van der Waals surface area (Å²) >= 11 is 6.83. The SMILES string of the molecule is O=C(Nc1cc(C(F)(F)F)ccc1Cl)c1cncs1. The van der Waals surface area contributed by atoms with Gasteiger partial charge in [0.25, 0.3) is 5.91 Å². The number of halogens is 4. The largest absolute Gasteiger partial charge is 0.416 e. The van der Waals surface area contributed by atoms with Crippen molar-refractivity contribution in [3.05, 3.63) is 45.4 Å². The van der Waals surface area contributed by atoms with Crippen molar-refractivity contribution < 1.29 is 18.0 Å². The van der Waals surface area contributed by atoms with Crippen LogP contribution in [-0.4, -0.2) is 10.9 Å². The molecule has 1 aromatic carbocycles. The fourth-order valence-electron chi connectivity index (χ4n) is 1.31. The van der Waals surface area contributed by atoms with Crippen LogP contribution in [0.25, 0.3) is 0 Å². The van der Waals surface area contributed by atoms with Crippen LogP contribution in [0.4, 0.5) is 18.9 Å². The lowest BCUT2D eigenvalue weighted by Crippen LogP contribution is -2.12. The number of anilines is 1. The van der Waals surface area contributed by atoms with Crippen molar-refractivity contribution in [2.75, 3.05) is 5.32 Å². The van der Waals surface area contributed by atoms with Crippen molar-refractivity contribution in [3.63, 3.8) is 0 Å². The third kappa shape index (κ3) is 3.24. The highest BCUT2D eigenvalue weighted by Crippen LogP contribution is 2.34. The molecule has 2 aromatic rings. The second kappa shape index (κ2) is 5.18. The summed E-state index contributed by atoms with van der Waals surface area (Å²) in [7, 11) is 0. The zero-order valence-corrected chi connectivity index (χ0v) is 10.7. The number of carbonyl (C=O) groups excluding carboxylic acids is 1. The number of thiazole rings is 1. The first-order valence-electron chi connectivity index (χ1n) is 4.94. The fraction of sp³-hybridized carbons (Fsp3) is 0.0909. The van der Waals surface area contributed by atoms with Crippen LogP contribution in [0.2, 0.25) is 5.02 Å². The van der Waals surface area contributed by atoms with E-state index in [1.807, 2.05) is 0 Å². The number of alkyl halides is 3. The number of rotatable bonds is 2. The summed E-state index contributed by atoms with van der Waals surface area (Å²) < 4.78 is 37.6. The molecule has 0 radical (unpaired) electrons. The van der Waals surface area contributed by atoms with E-state index in [2.05, 4.69) is 10.3 Å². The Balaban J connectivity index is 2.27. The maximum absolute atomic E-state index is 12.5. The van der Waals surface area contributed by atoms with Crippen LogP contribution in [0, 0.1) is 0 Å². The first kappa shape index (κ1) is 13.8. The smallest absolute Gasteiger partial charge is 0.320 e. The molecular formula is C11H6ClF3N2OS. The molecule has 1 N–H and O–H groups in total. The fourth-order valence-corrected chi connectivity index (χ4v) is 1.99. The third-order valence-electron chi connectivity index (χ3n) is 2.20. The van der Waals surface area contributed by atoms with Gasteiger partial charge in [-0.05, 0) is 18.2 Å². The van der Waals surface area contributed by atoms with Gasteiger partial charge in [0, 0.05) is 0 Å². The monoisotopic (exact) mass is 306 g/mol. The molecule has 19 heavy (non-hydrogen) atoms. The Labute approximate surface area is 115 Å². The summed E-state index contributed by atoms with van der Waals surface area (Å²) in [4.78, 5) is 15.7. The third-order valence-corrected chi connectivity index (χ3v) is 3.30. The van der Waals surface area contributed by atoms with Gasteiger partial charge in [-0.15, -0.1) is 11.3 Å². The standard InChI is InChI=1S/C11H6ClF3N2OS/c12-7-2-1-6(11(13,14)15)3-8(7)17-10(18)9-4-16-5-19-9/h1-5H,(H,17,18). The van der Waals surface area contributed by atoms with Crippen LogP contribution < -0.4 is 5.32 Å². The summed E-state index contributed by atoms with van der Waals surface area (Å²) in [5.41, 5.74) is 0.481. The van der Waals surface area contributed by atoms with Gasteiger partial charge in [0.1, 0.15) is 4.88 Å². The number of nitrogens with one attached hydrogen (secondary N) is 1. The predicted molar refractivity (Wildman–Crippen MR) is 66.5 cm³/mol. The zero-order valence-electron chi connectivity index (χ0n) is 9.16. The average molecular weight is 307 g/mol. The lowest BCUT2D eigenvalue weighted by Gasteiger charge is -2.11. The van der Waals surface area contributed by atoms with Gasteiger partial charge in [-0.2, -0.15) is 13.2 Å². The molecule has 0 saturated carbocycles. The molecule has 0 fully saturated rings. The second-order valence-electron chi connectivity index (χ2n) is 3.51. The molecule has 0 saturated heterocycles. The summed E-state index contributed by atoms with van der Waals surface area (Å²) in [6.45, 7) is 0. The van der Waals surface area contributed by atoms with Crippen molar-refractivity contribution in [1.29, 1.82) is 0 Å². The van der Waals surface area contributed by atoms with Crippen LogP contribution in [0.3, 0.4) is 0 Å². The molecule has 1 heterocycles. The number of aromatic nitrogens is 1. The van der Waals surface area contributed by atoms with E-state index in [0.717, 1.165) is 29.5 Å². The van der Waals surface area contributed by atoms with Crippen molar-refractivity contribution in [3.8, 4) is 0 Å². The van der Waals surface area contributed by atoms with Crippen LogP contribution in [-0.2, 0) is 6.18 Å². The number of nitrogens with zero attached hydrogens (tertiary/aromatic N) is 1. The maximum Gasteiger partial charge on any atom is 0.416 e. The highest BCUT2D eigenvalue weighted by Gasteiger charge is 2.31. The summed E-state index contributed by atoms with van der Waals surface area (Å²) in [5.74, 6) is -0.552. The Bertz CT molecular complexity index is 598. The van der Waals surface area contributed by atoms with E-state index < -0.39 is 17.6 Å². The van der Waals surface area contributed by atoms with E-state index in [1.54, 1.807) is 0 Å². The molecule has 0 unspecified atom stereocenters. The number of amides is 1. The quantitative estimate of drug-likeness (QED) is 0.909. The molecule has 1 aromatic heterocycles. The minimum atomic E-state index is -4.49. The van der Waals surface area contributed by atoms with Gasteiger partial charge in [-0.1, -0.05) is 11.6 Å². The molecular weight excluding hydrogens is 301 g/mol. The van der Waals surface area contributed by atoms with Crippen molar-refractivity contribution >= 4 is 34.5 Å². The van der Waals surface area contributed by atoms with Gasteiger partial charge < -0.3 is 5.32 Å². The van der Waals surface area contributed by atoms with Crippen LogP contribution in [0.5, 0.6) is 0 Å². The molecule has 0 bridgehead atoms. The van der Waals surface area contributed by atoms with E-state index >= 15 is 0 Å². The summed E-state index contributed by atoms with van der Waals surface area (Å²) in [6.07, 6.45) is -3.17. The minimum absolute atomic E-state index is 0.0332. The Kier molecular flexibility index (Phi) is 3.77. The molecule has 0 aliphatic rings. The van der Waals surface area contributed by atoms with Crippen molar-refractivity contribution in [1.82, 2.24) is 4.98 Å². The van der Waals surface area contributed by atoms with E-state index in [4.69, 9.17) is 11.6 Å². The summed E-state index contributed by atoms with van der Waals surface area (Å²) in [6, 6.07) is 2.73. The van der Waals surface area contributed by atoms with Crippen LogP contribution >= 0.6 is 22.9 Å². The number of benzene rings is 1. The molecule has 1 amide bonds. The number of carbonyl (C=O) groups is 1. The molecule has 3 nitrogen and oxygen atoms in total. The number of hydrogen-bond donors (Lipinski definition) is 1. The van der Waals surface area contributed by atoms with Gasteiger partial charge in [0.2, 0.25) is 0 Å². The van der Waals surface area contributed by atoms with E-state index in [-0.39, 0.29) is 15.6 Å². The van der Waals surface area contributed by atoms with Gasteiger partial charge in [-0.3, -0.25) is 9.78 Å². The molecule has 0 atom stereocenters. The van der Waals surface area contributed by atoms with Gasteiger partial charge in [0.15, 0.2) is 0 Å². The van der Waals surface area contributed by atoms with Crippen LogP contribution in [0.1, 0.15) is 15.2 Å². The van der Waals surface area contributed by atoms with Gasteiger partial charge >= 0.3 is 6.18 Å². The molecule has 8 heteroatoms. The Morgan fingerprint density at radius 3 is 2.68 bits per heavy atom. The number of hydrogen-bond acceptors (Lipinski definition) is 3. The Hall–Kier alpha value is -1.60. The van der Waals surface area contributed by atoms with Crippen LogP contribution in [0.15, 0.2) is 29.9 Å². The van der Waals surface area contributed by atoms with E-state index in [0.29, 0.717) is 0 Å². The lowest BCUT2D eigenvalue weighted by atomic mass is 10.2. The average Bonchev–Trinajstić information content (AvgIpc) is 2.84. The van der Waals surface area contributed by atoms with Crippen molar-refractivity contribution in [2.24, 2.45) is 0 Å². The van der Waals surface area contributed by atoms with Gasteiger partial charge in [0.05, 0.1) is 28.0 Å². The highest BCUT2D eigenvalue weighted by atomic mass is 35.5. The molecule has 100 valence electrons. The van der Waals surface area contributed by atoms with Gasteiger partial charge in [-0.25, -0.2) is 0 Å². The normalized spacial score (nSPS) is 11.4. The Morgan fingerprint density at radius 2 is 2.11 bits per heavy atom. The molecule has 2 rings (SSSR count). The first-order chi connectivity index (χ1) is 8.88. The first-order valence-corrected chi connectivity index (χ1v) is 6.20. The highest BCUT2D eigenvalue weighted by molar-refractivity contribution is 7.11. The molecule has 0 spiro atoms. The minimum Gasteiger partial charge on any atom is -0.320 e. The summed E-state index contributed by atoms with van der Waals surface area (Å²) in [5, 5.41) is 2.36. The predicted octanol–water partition coefficient (Wildman–Crippen LogP) is 4.07. The molecule has 0 aliphatic carbocycles. The maximum atomic E-state index is 12.5. The van der Waals surface area contributed by atoms with E-state index in [1.165, 1.54) is 11.7 Å². The Morgan fingerprint density at radius 1 is 1.37 bits per heavy atom. The second-order valence-corrected chi connectivity index (χ2v) is 4.81. The molecule has 0 aliphatic heterocycles. The van der Waals surface area contributed by atoms with E-state index in [9.17, 15) is 18.0 Å². The lowest BCUT2D eigenvalue weighted by molar-refractivity contribution is -0.137. The zero-order chi connectivity index (χ0) is 14.0.